The summed E-state index contributed by atoms with van der Waals surface area (Å²) in [6, 6.07) is 5.69. The minimum Gasteiger partial charge on any atom is -0.299 e. The van der Waals surface area contributed by atoms with Crippen LogP contribution in [0.3, 0.4) is 0 Å². The van der Waals surface area contributed by atoms with Gasteiger partial charge in [0, 0.05) is 21.8 Å². The van der Waals surface area contributed by atoms with Gasteiger partial charge in [-0.15, -0.1) is 0 Å². The van der Waals surface area contributed by atoms with Crippen molar-refractivity contribution in [3.05, 3.63) is 33.3 Å². The van der Waals surface area contributed by atoms with Gasteiger partial charge in [0.15, 0.2) is 0 Å². The molecule has 86 valence electrons. The third kappa shape index (κ3) is 2.86. The maximum atomic E-state index is 12.0. The van der Waals surface area contributed by atoms with Gasteiger partial charge in [0.25, 0.3) is 0 Å². The van der Waals surface area contributed by atoms with Crippen LogP contribution in [0.2, 0.25) is 5.02 Å². The molecular formula is C13H14BrClO. The van der Waals surface area contributed by atoms with Crippen molar-refractivity contribution in [1.82, 2.24) is 0 Å². The Hall–Kier alpha value is -0.340. The second-order valence-electron chi connectivity index (χ2n) is 4.50. The van der Waals surface area contributed by atoms with E-state index in [-0.39, 0.29) is 5.92 Å². The number of hydrogen-bond donors (Lipinski definition) is 0. The second kappa shape index (κ2) is 4.89. The number of carbonyl (C=O) groups is 1. The summed E-state index contributed by atoms with van der Waals surface area (Å²) in [6.07, 6.45) is 2.88. The summed E-state index contributed by atoms with van der Waals surface area (Å²) < 4.78 is 0.948. The summed E-state index contributed by atoms with van der Waals surface area (Å²) in [5.74, 6) is 1.13. The molecule has 1 aromatic rings. The first-order valence-corrected chi connectivity index (χ1v) is 6.71. The van der Waals surface area contributed by atoms with E-state index in [1.165, 1.54) is 12.8 Å². The molecule has 1 nitrogen and oxygen atoms in total. The molecular weight excluding hydrogens is 287 g/mol. The lowest BCUT2D eigenvalue weighted by atomic mass is 9.95. The first-order chi connectivity index (χ1) is 7.58. The molecule has 0 saturated heterocycles. The molecule has 1 unspecified atom stereocenters. The van der Waals surface area contributed by atoms with E-state index in [1.807, 2.05) is 25.1 Å². The van der Waals surface area contributed by atoms with E-state index in [2.05, 4.69) is 15.9 Å². The highest BCUT2D eigenvalue weighted by Crippen LogP contribution is 2.37. The van der Waals surface area contributed by atoms with Gasteiger partial charge in [-0.1, -0.05) is 40.5 Å². The predicted molar refractivity (Wildman–Crippen MR) is 69.8 cm³/mol. The fourth-order valence-electron chi connectivity index (χ4n) is 1.87. The van der Waals surface area contributed by atoms with Crippen LogP contribution < -0.4 is 0 Å². The molecule has 1 atom stereocenters. The largest absolute Gasteiger partial charge is 0.299 e. The van der Waals surface area contributed by atoms with Crippen molar-refractivity contribution in [3.8, 4) is 0 Å². The van der Waals surface area contributed by atoms with E-state index >= 15 is 0 Å². The Balaban J connectivity index is 2.05. The molecule has 0 N–H and O–H groups in total. The Kier molecular flexibility index (Phi) is 3.70. The first kappa shape index (κ1) is 12.1. The second-order valence-corrected chi connectivity index (χ2v) is 5.83. The zero-order valence-corrected chi connectivity index (χ0v) is 11.5. The molecule has 0 heterocycles. The molecule has 1 aliphatic carbocycles. The fraction of sp³-hybridized carbons (Fsp3) is 0.462. The van der Waals surface area contributed by atoms with Crippen molar-refractivity contribution < 1.29 is 4.79 Å². The maximum absolute atomic E-state index is 12.0. The van der Waals surface area contributed by atoms with Crippen LogP contribution in [0.25, 0.3) is 0 Å². The van der Waals surface area contributed by atoms with Crippen LogP contribution >= 0.6 is 27.5 Å². The van der Waals surface area contributed by atoms with Gasteiger partial charge in [0.2, 0.25) is 0 Å². The maximum Gasteiger partial charge on any atom is 0.140 e. The highest BCUT2D eigenvalue weighted by molar-refractivity contribution is 9.10. The summed E-state index contributed by atoms with van der Waals surface area (Å²) in [5.41, 5.74) is 0.933. The van der Waals surface area contributed by atoms with Crippen LogP contribution in [0.1, 0.15) is 25.3 Å². The lowest BCUT2D eigenvalue weighted by molar-refractivity contribution is -0.122. The van der Waals surface area contributed by atoms with Gasteiger partial charge in [-0.2, -0.15) is 0 Å². The predicted octanol–water partition coefficient (Wildman–Crippen LogP) is 4.26. The monoisotopic (exact) mass is 300 g/mol. The van der Waals surface area contributed by atoms with Crippen molar-refractivity contribution in [1.29, 1.82) is 0 Å². The molecule has 0 bridgehead atoms. The van der Waals surface area contributed by atoms with Crippen LogP contribution in [-0.2, 0) is 11.2 Å². The number of carbonyl (C=O) groups excluding carboxylic acids is 1. The van der Waals surface area contributed by atoms with E-state index < -0.39 is 0 Å². The normalized spacial score (nSPS) is 17.2. The summed E-state index contributed by atoms with van der Waals surface area (Å²) in [6.45, 7) is 2.03. The molecule has 1 fully saturated rings. The average molecular weight is 302 g/mol. The quantitative estimate of drug-likeness (QED) is 0.812. The molecule has 1 saturated carbocycles. The number of ketones is 1. The molecule has 16 heavy (non-hydrogen) atoms. The molecule has 2 rings (SSSR count). The van der Waals surface area contributed by atoms with Crippen LogP contribution in [0.4, 0.5) is 0 Å². The summed E-state index contributed by atoms with van der Waals surface area (Å²) >= 11 is 9.45. The molecule has 0 aliphatic heterocycles. The number of rotatable bonds is 4. The molecule has 3 heteroatoms. The van der Waals surface area contributed by atoms with Crippen LogP contribution in [0, 0.1) is 11.8 Å². The van der Waals surface area contributed by atoms with E-state index in [9.17, 15) is 4.79 Å². The Bertz CT molecular complexity index is 412. The minimum absolute atomic E-state index is 0.194. The van der Waals surface area contributed by atoms with Crippen molar-refractivity contribution in [2.75, 3.05) is 0 Å². The molecule has 1 aliphatic rings. The van der Waals surface area contributed by atoms with Gasteiger partial charge >= 0.3 is 0 Å². The highest BCUT2D eigenvalue weighted by atomic mass is 79.9. The highest BCUT2D eigenvalue weighted by Gasteiger charge is 2.32. The van der Waals surface area contributed by atoms with Gasteiger partial charge in [-0.25, -0.2) is 0 Å². The van der Waals surface area contributed by atoms with Gasteiger partial charge in [0.1, 0.15) is 5.78 Å². The van der Waals surface area contributed by atoms with Crippen LogP contribution in [0.5, 0.6) is 0 Å². The third-order valence-corrected chi connectivity index (χ3v) is 4.06. The number of hydrogen-bond acceptors (Lipinski definition) is 1. The fourth-order valence-corrected chi connectivity index (χ4v) is 2.61. The van der Waals surface area contributed by atoms with E-state index in [1.54, 1.807) is 0 Å². The van der Waals surface area contributed by atoms with Crippen LogP contribution in [0.15, 0.2) is 22.7 Å². The molecule has 0 amide bonds. The zero-order valence-electron chi connectivity index (χ0n) is 9.17. The first-order valence-electron chi connectivity index (χ1n) is 5.54. The van der Waals surface area contributed by atoms with Gasteiger partial charge in [-0.3, -0.25) is 4.79 Å². The molecule has 0 spiro atoms. The van der Waals surface area contributed by atoms with E-state index in [4.69, 9.17) is 11.6 Å². The van der Waals surface area contributed by atoms with Crippen molar-refractivity contribution >= 4 is 33.3 Å². The van der Waals surface area contributed by atoms with E-state index in [0.717, 1.165) is 10.0 Å². The van der Waals surface area contributed by atoms with Gasteiger partial charge in [-0.05, 0) is 36.5 Å². The van der Waals surface area contributed by atoms with Crippen molar-refractivity contribution in [2.24, 2.45) is 11.8 Å². The Morgan fingerprint density at radius 2 is 2.25 bits per heavy atom. The van der Waals surface area contributed by atoms with Crippen LogP contribution in [-0.4, -0.2) is 5.78 Å². The number of Topliss-reactive ketones (excluding diaryl/α,β-unsaturated/α-hetero) is 1. The molecule has 0 radical (unpaired) electrons. The number of benzene rings is 1. The minimum atomic E-state index is 0.194. The third-order valence-electron chi connectivity index (χ3n) is 3.22. The summed E-state index contributed by atoms with van der Waals surface area (Å²) in [7, 11) is 0. The van der Waals surface area contributed by atoms with E-state index in [0.29, 0.717) is 23.1 Å². The molecule has 0 aromatic heterocycles. The van der Waals surface area contributed by atoms with Gasteiger partial charge in [0.05, 0.1) is 0 Å². The number of halogens is 2. The smallest absolute Gasteiger partial charge is 0.140 e. The van der Waals surface area contributed by atoms with Crippen molar-refractivity contribution in [2.45, 2.75) is 26.2 Å². The van der Waals surface area contributed by atoms with Crippen molar-refractivity contribution in [3.63, 3.8) is 0 Å². The van der Waals surface area contributed by atoms with Gasteiger partial charge < -0.3 is 0 Å². The standard InChI is InChI=1S/C13H14BrClO/c1-8(9-2-3-9)13(16)6-10-4-5-11(14)7-12(10)15/h4-5,7-9H,2-3,6H2,1H3. The molecule has 1 aromatic carbocycles. The Morgan fingerprint density at radius 3 is 2.81 bits per heavy atom. The Labute approximate surface area is 109 Å². The topological polar surface area (TPSA) is 17.1 Å². The summed E-state index contributed by atoms with van der Waals surface area (Å²) in [4.78, 5) is 12.0. The average Bonchev–Trinajstić information content (AvgIpc) is 3.04. The summed E-state index contributed by atoms with van der Waals surface area (Å²) in [5, 5.41) is 0.672. The zero-order chi connectivity index (χ0) is 11.7. The lowest BCUT2D eigenvalue weighted by Crippen LogP contribution is -2.15. The lowest BCUT2D eigenvalue weighted by Gasteiger charge is -2.09. The Morgan fingerprint density at radius 1 is 1.56 bits per heavy atom. The SMILES string of the molecule is CC(C(=O)Cc1ccc(Br)cc1Cl)C1CC1.